The Morgan fingerprint density at radius 1 is 1.38 bits per heavy atom. The van der Waals surface area contributed by atoms with Crippen LogP contribution in [0, 0.1) is 11.3 Å². The normalized spacial score (nSPS) is 10.9. The van der Waals surface area contributed by atoms with E-state index in [0.29, 0.717) is 12.1 Å². The van der Waals surface area contributed by atoms with Crippen molar-refractivity contribution in [2.24, 2.45) is 0 Å². The van der Waals surface area contributed by atoms with Gasteiger partial charge < -0.3 is 0 Å². The molecule has 0 aliphatic rings. The molecule has 0 aliphatic carbocycles. The molecule has 1 heterocycles. The van der Waals surface area contributed by atoms with Crippen LogP contribution in [0.25, 0.3) is 0 Å². The summed E-state index contributed by atoms with van der Waals surface area (Å²) in [5.41, 5.74) is 1.23. The maximum absolute atomic E-state index is 12.4. The minimum absolute atomic E-state index is 0.125. The summed E-state index contributed by atoms with van der Waals surface area (Å²) in [5.74, 6) is 0. The Hall–Kier alpha value is -1.91. The summed E-state index contributed by atoms with van der Waals surface area (Å²) in [6, 6.07) is 9.92. The van der Waals surface area contributed by atoms with Gasteiger partial charge in [-0.2, -0.15) is 5.26 Å². The third-order valence-corrected chi connectivity index (χ3v) is 4.75. The van der Waals surface area contributed by atoms with E-state index in [1.807, 2.05) is 13.0 Å². The second-order valence-electron chi connectivity index (χ2n) is 4.22. The van der Waals surface area contributed by atoms with Crippen LogP contribution in [0.1, 0.15) is 18.2 Å². The molecule has 5 nitrogen and oxygen atoms in total. The molecule has 21 heavy (non-hydrogen) atoms. The predicted octanol–water partition coefficient (Wildman–Crippen LogP) is 3.08. The molecular weight excluding hydrogens is 354 g/mol. The second kappa shape index (κ2) is 6.24. The lowest BCUT2D eigenvalue weighted by atomic mass is 10.1. The van der Waals surface area contributed by atoms with Gasteiger partial charge in [-0.25, -0.2) is 13.4 Å². The number of aryl methyl sites for hydroxylation is 1. The molecule has 2 aromatic rings. The summed E-state index contributed by atoms with van der Waals surface area (Å²) in [4.78, 5) is 3.65. The number of nitriles is 1. The van der Waals surface area contributed by atoms with Crippen LogP contribution in [0.4, 0.5) is 5.69 Å². The van der Waals surface area contributed by atoms with Gasteiger partial charge in [0.2, 0.25) is 0 Å². The Labute approximate surface area is 131 Å². The van der Waals surface area contributed by atoms with E-state index >= 15 is 0 Å². The number of halogens is 1. The highest BCUT2D eigenvalue weighted by molar-refractivity contribution is 9.10. The molecule has 0 amide bonds. The molecule has 0 radical (unpaired) electrons. The molecule has 0 atom stereocenters. The van der Waals surface area contributed by atoms with Crippen LogP contribution in [0.15, 0.2) is 45.9 Å². The lowest BCUT2D eigenvalue weighted by molar-refractivity contribution is 0.600. The molecule has 0 saturated carbocycles. The number of sulfonamides is 1. The average Bonchev–Trinajstić information content (AvgIpc) is 2.48. The van der Waals surface area contributed by atoms with E-state index in [4.69, 9.17) is 5.26 Å². The Balaban J connectivity index is 2.45. The summed E-state index contributed by atoms with van der Waals surface area (Å²) in [7, 11) is -3.85. The molecule has 108 valence electrons. The van der Waals surface area contributed by atoms with E-state index < -0.39 is 10.0 Å². The van der Waals surface area contributed by atoms with Crippen molar-refractivity contribution in [3.8, 4) is 6.07 Å². The minimum atomic E-state index is -3.85. The van der Waals surface area contributed by atoms with Gasteiger partial charge in [0.1, 0.15) is 11.0 Å². The molecule has 0 unspecified atom stereocenters. The third-order valence-electron chi connectivity index (χ3n) is 2.86. The highest BCUT2D eigenvalue weighted by Gasteiger charge is 2.20. The van der Waals surface area contributed by atoms with E-state index in [9.17, 15) is 8.42 Å². The fourth-order valence-corrected chi connectivity index (χ4v) is 3.46. The van der Waals surface area contributed by atoms with Crippen molar-refractivity contribution in [3.63, 3.8) is 0 Å². The van der Waals surface area contributed by atoms with E-state index in [2.05, 4.69) is 25.6 Å². The standard InChI is InChI=1S/C14H12BrN3O2S/c1-2-10-8-11(15)5-6-12(10)18-21(19,20)14-4-3-7-17-13(14)9-16/h3-8,18H,2H2,1H3. The topological polar surface area (TPSA) is 82.8 Å². The summed E-state index contributed by atoms with van der Waals surface area (Å²) in [5, 5.41) is 8.97. The van der Waals surface area contributed by atoms with Crippen molar-refractivity contribution in [2.45, 2.75) is 18.2 Å². The van der Waals surface area contributed by atoms with Crippen molar-refractivity contribution < 1.29 is 8.42 Å². The number of benzene rings is 1. The Kier molecular flexibility index (Phi) is 4.60. The second-order valence-corrected chi connectivity index (χ2v) is 6.79. The molecule has 2 rings (SSSR count). The number of anilines is 1. The Morgan fingerprint density at radius 3 is 2.81 bits per heavy atom. The summed E-state index contributed by atoms with van der Waals surface area (Å²) in [6.07, 6.45) is 2.06. The van der Waals surface area contributed by atoms with Crippen LogP contribution in [0.3, 0.4) is 0 Å². The van der Waals surface area contributed by atoms with E-state index in [0.717, 1.165) is 10.0 Å². The average molecular weight is 366 g/mol. The van der Waals surface area contributed by atoms with Crippen LogP contribution in [-0.4, -0.2) is 13.4 Å². The minimum Gasteiger partial charge on any atom is -0.279 e. The number of nitrogens with zero attached hydrogens (tertiary/aromatic N) is 2. The highest BCUT2D eigenvalue weighted by atomic mass is 79.9. The SMILES string of the molecule is CCc1cc(Br)ccc1NS(=O)(=O)c1cccnc1C#N. The quantitative estimate of drug-likeness (QED) is 0.902. The zero-order valence-electron chi connectivity index (χ0n) is 11.2. The zero-order valence-corrected chi connectivity index (χ0v) is 13.6. The van der Waals surface area contributed by atoms with Crippen LogP contribution >= 0.6 is 15.9 Å². The monoisotopic (exact) mass is 365 g/mol. The smallest absolute Gasteiger partial charge is 0.264 e. The van der Waals surface area contributed by atoms with Gasteiger partial charge in [0.25, 0.3) is 10.0 Å². The summed E-state index contributed by atoms with van der Waals surface area (Å²) >= 11 is 3.35. The van der Waals surface area contributed by atoms with Crippen LogP contribution in [0.2, 0.25) is 0 Å². The van der Waals surface area contributed by atoms with Crippen molar-refractivity contribution in [1.82, 2.24) is 4.98 Å². The number of nitrogens with one attached hydrogen (secondary N) is 1. The first-order chi connectivity index (χ1) is 9.97. The van der Waals surface area contributed by atoms with Gasteiger partial charge in [0.05, 0.1) is 5.69 Å². The lowest BCUT2D eigenvalue weighted by Gasteiger charge is -2.12. The molecule has 0 saturated heterocycles. The van der Waals surface area contributed by atoms with Gasteiger partial charge in [-0.05, 0) is 42.3 Å². The van der Waals surface area contributed by atoms with Gasteiger partial charge in [0, 0.05) is 10.7 Å². The largest absolute Gasteiger partial charge is 0.279 e. The summed E-state index contributed by atoms with van der Waals surface area (Å²) < 4.78 is 28.2. The van der Waals surface area contributed by atoms with E-state index in [1.165, 1.54) is 18.3 Å². The third kappa shape index (κ3) is 3.40. The fourth-order valence-electron chi connectivity index (χ4n) is 1.85. The van der Waals surface area contributed by atoms with Gasteiger partial charge in [-0.15, -0.1) is 0 Å². The Bertz CT molecular complexity index is 813. The van der Waals surface area contributed by atoms with Gasteiger partial charge in [0.15, 0.2) is 5.69 Å². The zero-order chi connectivity index (χ0) is 15.5. The van der Waals surface area contributed by atoms with Gasteiger partial charge >= 0.3 is 0 Å². The first kappa shape index (κ1) is 15.5. The molecular formula is C14H12BrN3O2S. The number of hydrogen-bond acceptors (Lipinski definition) is 4. The lowest BCUT2D eigenvalue weighted by Crippen LogP contribution is -2.16. The van der Waals surface area contributed by atoms with Crippen LogP contribution in [-0.2, 0) is 16.4 Å². The van der Waals surface area contributed by atoms with Crippen molar-refractivity contribution in [1.29, 1.82) is 5.26 Å². The van der Waals surface area contributed by atoms with Crippen LogP contribution in [0.5, 0.6) is 0 Å². The van der Waals surface area contributed by atoms with E-state index in [1.54, 1.807) is 18.2 Å². The molecule has 1 N–H and O–H groups in total. The van der Waals surface area contributed by atoms with Crippen LogP contribution < -0.4 is 4.72 Å². The highest BCUT2D eigenvalue weighted by Crippen LogP contribution is 2.24. The van der Waals surface area contributed by atoms with Gasteiger partial charge in [-0.1, -0.05) is 22.9 Å². The maximum atomic E-state index is 12.4. The first-order valence-electron chi connectivity index (χ1n) is 6.14. The van der Waals surface area contributed by atoms with Crippen molar-refractivity contribution in [2.75, 3.05) is 4.72 Å². The number of rotatable bonds is 4. The van der Waals surface area contributed by atoms with Crippen molar-refractivity contribution in [3.05, 3.63) is 52.3 Å². The number of pyridine rings is 1. The number of aromatic nitrogens is 1. The maximum Gasteiger partial charge on any atom is 0.264 e. The van der Waals surface area contributed by atoms with Gasteiger partial charge in [-0.3, -0.25) is 4.72 Å². The molecule has 0 spiro atoms. The fraction of sp³-hybridized carbons (Fsp3) is 0.143. The predicted molar refractivity (Wildman–Crippen MR) is 83.3 cm³/mol. The molecule has 1 aromatic heterocycles. The molecule has 0 bridgehead atoms. The molecule has 0 aliphatic heterocycles. The van der Waals surface area contributed by atoms with Crippen molar-refractivity contribution >= 4 is 31.6 Å². The Morgan fingerprint density at radius 2 is 2.14 bits per heavy atom. The summed E-state index contributed by atoms with van der Waals surface area (Å²) in [6.45, 7) is 1.93. The molecule has 1 aromatic carbocycles. The first-order valence-corrected chi connectivity index (χ1v) is 8.42. The van der Waals surface area contributed by atoms with E-state index in [-0.39, 0.29) is 10.6 Å². The molecule has 7 heteroatoms. The molecule has 0 fully saturated rings. The number of hydrogen-bond donors (Lipinski definition) is 1.